The number of aliphatic hydroxyl groups excluding tert-OH is 1. The van der Waals surface area contributed by atoms with E-state index in [0.717, 1.165) is 11.3 Å². The van der Waals surface area contributed by atoms with Gasteiger partial charge in [-0.3, -0.25) is 4.68 Å². The maximum atomic E-state index is 9.96. The number of aryl methyl sites for hydroxylation is 1. The molecule has 0 saturated carbocycles. The number of aromatic nitrogens is 2. The molecule has 0 radical (unpaired) electrons. The maximum Gasteiger partial charge on any atom is 0.0947 e. The van der Waals surface area contributed by atoms with Crippen molar-refractivity contribution in [2.45, 2.75) is 39.3 Å². The van der Waals surface area contributed by atoms with Crippen molar-refractivity contribution in [3.8, 4) is 0 Å². The fourth-order valence-corrected chi connectivity index (χ4v) is 1.36. The van der Waals surface area contributed by atoms with E-state index in [0.29, 0.717) is 6.54 Å². The van der Waals surface area contributed by atoms with Crippen LogP contribution in [0.25, 0.3) is 0 Å². The van der Waals surface area contributed by atoms with Crippen LogP contribution < -0.4 is 5.32 Å². The number of aliphatic hydroxyl groups is 1. The molecule has 1 heterocycles. The Kier molecular flexibility index (Phi) is 3.52. The van der Waals surface area contributed by atoms with Crippen molar-refractivity contribution in [1.82, 2.24) is 15.1 Å². The predicted molar refractivity (Wildman–Crippen MR) is 60.7 cm³/mol. The average molecular weight is 211 g/mol. The van der Waals surface area contributed by atoms with Crippen molar-refractivity contribution < 1.29 is 5.11 Å². The highest BCUT2D eigenvalue weighted by molar-refractivity contribution is 5.19. The maximum absolute atomic E-state index is 9.96. The second kappa shape index (κ2) is 4.33. The largest absolute Gasteiger partial charge is 0.387 e. The van der Waals surface area contributed by atoms with Crippen LogP contribution in [-0.4, -0.2) is 27.0 Å². The second-order valence-corrected chi connectivity index (χ2v) is 4.96. The summed E-state index contributed by atoms with van der Waals surface area (Å²) < 4.78 is 1.77. The van der Waals surface area contributed by atoms with Gasteiger partial charge in [0.15, 0.2) is 0 Å². The Hall–Kier alpha value is -0.870. The molecule has 1 aromatic heterocycles. The number of hydrogen-bond acceptors (Lipinski definition) is 3. The molecule has 0 aliphatic rings. The molecule has 0 fully saturated rings. The van der Waals surface area contributed by atoms with Gasteiger partial charge in [-0.15, -0.1) is 0 Å². The second-order valence-electron chi connectivity index (χ2n) is 4.96. The minimum atomic E-state index is -0.488. The normalized spacial score (nSPS) is 14.3. The lowest BCUT2D eigenvalue weighted by Crippen LogP contribution is -2.38. The van der Waals surface area contributed by atoms with Gasteiger partial charge >= 0.3 is 0 Å². The number of nitrogens with one attached hydrogen (secondary N) is 1. The summed E-state index contributed by atoms with van der Waals surface area (Å²) >= 11 is 0. The molecular weight excluding hydrogens is 190 g/mol. The van der Waals surface area contributed by atoms with E-state index in [2.05, 4.69) is 31.2 Å². The first-order valence-electron chi connectivity index (χ1n) is 5.23. The highest BCUT2D eigenvalue weighted by atomic mass is 16.3. The fraction of sp³-hybridized carbons (Fsp3) is 0.727. The van der Waals surface area contributed by atoms with Crippen LogP contribution in [0.15, 0.2) is 6.20 Å². The minimum absolute atomic E-state index is 0.0249. The first-order valence-corrected chi connectivity index (χ1v) is 5.23. The highest BCUT2D eigenvalue weighted by Gasteiger charge is 2.16. The van der Waals surface area contributed by atoms with E-state index in [1.165, 1.54) is 0 Å². The number of rotatable bonds is 3. The average Bonchev–Trinajstić information content (AvgIpc) is 2.43. The third-order valence-corrected chi connectivity index (χ3v) is 2.46. The zero-order valence-electron chi connectivity index (χ0n) is 10.2. The summed E-state index contributed by atoms with van der Waals surface area (Å²) in [7, 11) is 1.88. The van der Waals surface area contributed by atoms with Gasteiger partial charge in [-0.1, -0.05) is 0 Å². The van der Waals surface area contributed by atoms with Crippen LogP contribution in [0.1, 0.15) is 38.1 Å². The smallest absolute Gasteiger partial charge is 0.0947 e. The minimum Gasteiger partial charge on any atom is -0.387 e. The van der Waals surface area contributed by atoms with Crippen molar-refractivity contribution in [1.29, 1.82) is 0 Å². The Balaban J connectivity index is 2.62. The Morgan fingerprint density at radius 1 is 1.53 bits per heavy atom. The summed E-state index contributed by atoms with van der Waals surface area (Å²) in [6.45, 7) is 8.75. The van der Waals surface area contributed by atoms with Crippen LogP contribution in [0, 0.1) is 6.92 Å². The van der Waals surface area contributed by atoms with Gasteiger partial charge in [0.25, 0.3) is 0 Å². The zero-order chi connectivity index (χ0) is 11.6. The summed E-state index contributed by atoms with van der Waals surface area (Å²) in [4.78, 5) is 0. The Morgan fingerprint density at radius 2 is 2.13 bits per heavy atom. The van der Waals surface area contributed by atoms with E-state index in [1.807, 2.05) is 14.0 Å². The topological polar surface area (TPSA) is 50.1 Å². The van der Waals surface area contributed by atoms with Crippen LogP contribution in [0.5, 0.6) is 0 Å². The van der Waals surface area contributed by atoms with E-state index in [-0.39, 0.29) is 5.54 Å². The summed E-state index contributed by atoms with van der Waals surface area (Å²) in [5.74, 6) is 0. The van der Waals surface area contributed by atoms with Gasteiger partial charge in [0.1, 0.15) is 0 Å². The van der Waals surface area contributed by atoms with Gasteiger partial charge in [0.05, 0.1) is 12.3 Å². The van der Waals surface area contributed by atoms with Crippen LogP contribution in [-0.2, 0) is 7.05 Å². The number of β-amino-alcohol motifs (C(OH)–C–C–N with tert-alkyl or cyclic N) is 1. The highest BCUT2D eigenvalue weighted by Crippen LogP contribution is 2.16. The molecule has 1 rings (SSSR count). The third-order valence-electron chi connectivity index (χ3n) is 2.46. The molecule has 0 bridgehead atoms. The lowest BCUT2D eigenvalue weighted by atomic mass is 10.1. The molecule has 0 amide bonds. The molecule has 1 unspecified atom stereocenters. The van der Waals surface area contributed by atoms with E-state index >= 15 is 0 Å². The van der Waals surface area contributed by atoms with E-state index in [9.17, 15) is 5.11 Å². The summed E-state index contributed by atoms with van der Waals surface area (Å²) in [5.41, 5.74) is 1.93. The molecule has 0 saturated heterocycles. The van der Waals surface area contributed by atoms with Crippen LogP contribution in [0.2, 0.25) is 0 Å². The molecule has 4 nitrogen and oxygen atoms in total. The Bertz CT molecular complexity index is 325. The van der Waals surface area contributed by atoms with Crippen molar-refractivity contribution in [3.63, 3.8) is 0 Å². The Morgan fingerprint density at radius 3 is 2.53 bits per heavy atom. The van der Waals surface area contributed by atoms with Crippen molar-refractivity contribution in [2.75, 3.05) is 6.54 Å². The lowest BCUT2D eigenvalue weighted by molar-refractivity contribution is 0.162. The molecule has 86 valence electrons. The molecule has 15 heavy (non-hydrogen) atoms. The zero-order valence-corrected chi connectivity index (χ0v) is 10.2. The molecule has 4 heteroatoms. The number of hydrogen-bond donors (Lipinski definition) is 2. The van der Waals surface area contributed by atoms with Gasteiger partial charge in [0, 0.05) is 30.4 Å². The molecule has 2 N–H and O–H groups in total. The summed E-state index contributed by atoms with van der Waals surface area (Å²) in [5, 5.41) is 17.3. The van der Waals surface area contributed by atoms with E-state index < -0.39 is 6.10 Å². The van der Waals surface area contributed by atoms with Gasteiger partial charge < -0.3 is 10.4 Å². The van der Waals surface area contributed by atoms with E-state index in [4.69, 9.17) is 0 Å². The van der Waals surface area contributed by atoms with Crippen molar-refractivity contribution in [3.05, 3.63) is 17.5 Å². The molecule has 0 aromatic carbocycles. The fourth-order valence-electron chi connectivity index (χ4n) is 1.36. The van der Waals surface area contributed by atoms with Crippen LogP contribution in [0.4, 0.5) is 0 Å². The summed E-state index contributed by atoms with van der Waals surface area (Å²) in [6.07, 6.45) is 1.24. The van der Waals surface area contributed by atoms with Gasteiger partial charge in [-0.05, 0) is 27.7 Å². The van der Waals surface area contributed by atoms with Crippen LogP contribution >= 0.6 is 0 Å². The standard InChI is InChI=1S/C11H21N3O/c1-8-9(6-13-14(8)5)10(15)7-12-11(2,3)4/h6,10,12,15H,7H2,1-5H3. The first-order chi connectivity index (χ1) is 6.81. The van der Waals surface area contributed by atoms with Gasteiger partial charge in [0.2, 0.25) is 0 Å². The van der Waals surface area contributed by atoms with Gasteiger partial charge in [-0.25, -0.2) is 0 Å². The van der Waals surface area contributed by atoms with Crippen molar-refractivity contribution in [2.24, 2.45) is 7.05 Å². The first kappa shape index (κ1) is 12.2. The van der Waals surface area contributed by atoms with Crippen molar-refractivity contribution >= 4 is 0 Å². The molecular formula is C11H21N3O. The van der Waals surface area contributed by atoms with Gasteiger partial charge in [-0.2, -0.15) is 5.10 Å². The predicted octanol–water partition coefficient (Wildman–Crippen LogP) is 1.15. The molecule has 0 aliphatic carbocycles. The molecule has 0 spiro atoms. The van der Waals surface area contributed by atoms with E-state index in [1.54, 1.807) is 10.9 Å². The van der Waals surface area contributed by atoms with Crippen LogP contribution in [0.3, 0.4) is 0 Å². The Labute approximate surface area is 91.3 Å². The number of nitrogens with zero attached hydrogens (tertiary/aromatic N) is 2. The lowest BCUT2D eigenvalue weighted by Gasteiger charge is -2.22. The SMILES string of the molecule is Cc1c(C(O)CNC(C)(C)C)cnn1C. The molecule has 0 aliphatic heterocycles. The monoisotopic (exact) mass is 211 g/mol. The molecule has 1 aromatic rings. The quantitative estimate of drug-likeness (QED) is 0.788. The molecule has 1 atom stereocenters. The summed E-state index contributed by atoms with van der Waals surface area (Å²) in [6, 6.07) is 0. The third kappa shape index (κ3) is 3.32.